The number of nitrogens with one attached hydrogen (secondary N) is 1. The van der Waals surface area contributed by atoms with E-state index in [2.05, 4.69) is 35.9 Å². The van der Waals surface area contributed by atoms with Crippen LogP contribution >= 0.6 is 0 Å². The van der Waals surface area contributed by atoms with E-state index in [1.807, 2.05) is 0 Å². The normalized spacial score (nSPS) is 24.5. The van der Waals surface area contributed by atoms with Crippen LogP contribution in [0.5, 0.6) is 0 Å². The number of nitrogens with zero attached hydrogens (tertiary/aromatic N) is 3. The smallest absolute Gasteiger partial charge is 0.194 e. The summed E-state index contributed by atoms with van der Waals surface area (Å²) in [5.74, 6) is 1.04. The molecule has 2 fully saturated rings. The fraction of sp³-hybridized carbons (Fsp3) is 0.950. The topological polar surface area (TPSA) is 49.3 Å². The lowest BCUT2D eigenvalue weighted by Crippen LogP contribution is -2.53. The summed E-state index contributed by atoms with van der Waals surface area (Å²) in [5, 5.41) is 3.47. The zero-order valence-electron chi connectivity index (χ0n) is 17.2. The summed E-state index contributed by atoms with van der Waals surface area (Å²) in [6, 6.07) is 0. The van der Waals surface area contributed by atoms with E-state index in [0.29, 0.717) is 0 Å². The van der Waals surface area contributed by atoms with Crippen molar-refractivity contribution in [2.24, 2.45) is 4.99 Å². The molecule has 2 rings (SSSR count). The van der Waals surface area contributed by atoms with Crippen LogP contribution in [0.25, 0.3) is 0 Å². The first-order chi connectivity index (χ1) is 12.8. The average Bonchev–Trinajstić information content (AvgIpc) is 3.19. The molecule has 6 nitrogen and oxygen atoms in total. The molecule has 0 bridgehead atoms. The van der Waals surface area contributed by atoms with E-state index in [4.69, 9.17) is 14.5 Å². The molecule has 2 saturated heterocycles. The number of guanidine groups is 1. The molecular weight excluding hydrogens is 328 g/mol. The molecule has 2 heterocycles. The van der Waals surface area contributed by atoms with Crippen LogP contribution < -0.4 is 5.32 Å². The molecule has 6 heteroatoms. The van der Waals surface area contributed by atoms with Gasteiger partial charge in [-0.25, -0.2) is 0 Å². The third-order valence-electron chi connectivity index (χ3n) is 5.08. The van der Waals surface area contributed by atoms with Gasteiger partial charge in [-0.2, -0.15) is 0 Å². The van der Waals surface area contributed by atoms with Gasteiger partial charge in [0.1, 0.15) is 6.10 Å². The lowest BCUT2D eigenvalue weighted by Gasteiger charge is -2.37. The Labute approximate surface area is 160 Å². The summed E-state index contributed by atoms with van der Waals surface area (Å²) >= 11 is 0. The molecule has 1 N–H and O–H groups in total. The highest BCUT2D eigenvalue weighted by Gasteiger charge is 2.32. The Morgan fingerprint density at radius 1 is 1.08 bits per heavy atom. The summed E-state index contributed by atoms with van der Waals surface area (Å²) < 4.78 is 11.8. The predicted molar refractivity (Wildman–Crippen MR) is 108 cm³/mol. The summed E-state index contributed by atoms with van der Waals surface area (Å²) in [7, 11) is 0. The Bertz CT molecular complexity index is 393. The second-order valence-corrected chi connectivity index (χ2v) is 7.34. The Balaban J connectivity index is 1.82. The van der Waals surface area contributed by atoms with E-state index in [9.17, 15) is 0 Å². The summed E-state index contributed by atoms with van der Waals surface area (Å²) in [4.78, 5) is 9.82. The highest BCUT2D eigenvalue weighted by molar-refractivity contribution is 5.80. The van der Waals surface area contributed by atoms with Crippen molar-refractivity contribution in [1.82, 2.24) is 15.1 Å². The van der Waals surface area contributed by atoms with Gasteiger partial charge in [0.15, 0.2) is 5.96 Å². The highest BCUT2D eigenvalue weighted by Crippen LogP contribution is 2.21. The van der Waals surface area contributed by atoms with Crippen molar-refractivity contribution in [3.8, 4) is 0 Å². The zero-order valence-corrected chi connectivity index (χ0v) is 17.2. The average molecular weight is 369 g/mol. The Kier molecular flexibility index (Phi) is 10.3. The molecule has 2 aliphatic heterocycles. The first-order valence-corrected chi connectivity index (χ1v) is 10.8. The quantitative estimate of drug-likeness (QED) is 0.364. The molecule has 26 heavy (non-hydrogen) atoms. The van der Waals surface area contributed by atoms with Gasteiger partial charge < -0.3 is 24.6 Å². The van der Waals surface area contributed by atoms with Gasteiger partial charge in [-0.05, 0) is 58.7 Å². The Hall–Kier alpha value is -0.850. The van der Waals surface area contributed by atoms with Crippen LogP contribution in [0, 0.1) is 0 Å². The summed E-state index contributed by atoms with van der Waals surface area (Å²) in [6.45, 7) is 15.4. The van der Waals surface area contributed by atoms with Gasteiger partial charge in [0.2, 0.25) is 0 Å². The van der Waals surface area contributed by atoms with Crippen molar-refractivity contribution in [3.63, 3.8) is 0 Å². The van der Waals surface area contributed by atoms with Crippen LogP contribution in [0.4, 0.5) is 0 Å². The zero-order chi connectivity index (χ0) is 18.6. The molecule has 0 aromatic rings. The van der Waals surface area contributed by atoms with E-state index >= 15 is 0 Å². The van der Waals surface area contributed by atoms with Crippen LogP contribution in [0.2, 0.25) is 0 Å². The van der Waals surface area contributed by atoms with Crippen LogP contribution in [-0.2, 0) is 9.47 Å². The maximum atomic E-state index is 5.98. The van der Waals surface area contributed by atoms with Crippen LogP contribution in [0.3, 0.4) is 0 Å². The SMILES string of the molecule is CCCN(CCC)CCCN=C(NCC)N1CCOC(C2CCCO2)C1. The van der Waals surface area contributed by atoms with Crippen molar-refractivity contribution >= 4 is 5.96 Å². The van der Waals surface area contributed by atoms with E-state index in [1.165, 1.54) is 25.9 Å². The molecule has 2 unspecified atom stereocenters. The number of morpholine rings is 1. The number of rotatable bonds is 10. The maximum Gasteiger partial charge on any atom is 0.194 e. The minimum Gasteiger partial charge on any atom is -0.375 e. The Morgan fingerprint density at radius 2 is 1.85 bits per heavy atom. The van der Waals surface area contributed by atoms with Crippen molar-refractivity contribution in [2.45, 2.75) is 65.1 Å². The van der Waals surface area contributed by atoms with Crippen molar-refractivity contribution in [3.05, 3.63) is 0 Å². The van der Waals surface area contributed by atoms with Crippen LogP contribution in [0.1, 0.15) is 52.9 Å². The molecule has 0 amide bonds. The molecule has 0 radical (unpaired) electrons. The van der Waals surface area contributed by atoms with E-state index in [-0.39, 0.29) is 12.2 Å². The number of hydrogen-bond acceptors (Lipinski definition) is 4. The largest absolute Gasteiger partial charge is 0.375 e. The minimum atomic E-state index is 0.180. The molecule has 0 spiro atoms. The molecule has 152 valence electrons. The minimum absolute atomic E-state index is 0.180. The van der Waals surface area contributed by atoms with Gasteiger partial charge in [-0.1, -0.05) is 13.8 Å². The van der Waals surface area contributed by atoms with Gasteiger partial charge in [-0.3, -0.25) is 4.99 Å². The predicted octanol–water partition coefficient (Wildman–Crippen LogP) is 2.34. The third kappa shape index (κ3) is 7.05. The molecular formula is C20H40N4O2. The van der Waals surface area contributed by atoms with E-state index < -0.39 is 0 Å². The van der Waals surface area contributed by atoms with Gasteiger partial charge in [0.05, 0.1) is 12.7 Å². The first kappa shape index (κ1) is 21.5. The monoisotopic (exact) mass is 368 g/mol. The lowest BCUT2D eigenvalue weighted by molar-refractivity contribution is -0.0817. The highest BCUT2D eigenvalue weighted by atomic mass is 16.5. The molecule has 0 aromatic carbocycles. The molecule has 0 aliphatic carbocycles. The van der Waals surface area contributed by atoms with E-state index in [1.54, 1.807) is 0 Å². The van der Waals surface area contributed by atoms with Crippen molar-refractivity contribution in [1.29, 1.82) is 0 Å². The summed E-state index contributed by atoms with van der Waals surface area (Å²) in [5.41, 5.74) is 0. The van der Waals surface area contributed by atoms with Gasteiger partial charge in [0, 0.05) is 32.8 Å². The van der Waals surface area contributed by atoms with Gasteiger partial charge in [0.25, 0.3) is 0 Å². The summed E-state index contributed by atoms with van der Waals surface area (Å²) in [6.07, 6.45) is 6.29. The second kappa shape index (κ2) is 12.5. The van der Waals surface area contributed by atoms with Crippen LogP contribution in [-0.4, -0.2) is 87.0 Å². The van der Waals surface area contributed by atoms with Crippen LogP contribution in [0.15, 0.2) is 4.99 Å². The van der Waals surface area contributed by atoms with Crippen molar-refractivity contribution in [2.75, 3.05) is 59.0 Å². The Morgan fingerprint density at radius 3 is 2.50 bits per heavy atom. The number of hydrogen-bond donors (Lipinski definition) is 1. The fourth-order valence-corrected chi connectivity index (χ4v) is 3.86. The first-order valence-electron chi connectivity index (χ1n) is 10.8. The lowest BCUT2D eigenvalue weighted by atomic mass is 10.1. The number of ether oxygens (including phenoxy) is 2. The van der Waals surface area contributed by atoms with Gasteiger partial charge >= 0.3 is 0 Å². The molecule has 0 saturated carbocycles. The standard InChI is InChI=1S/C20H40N4O2/c1-4-11-23(12-5-2)13-8-10-22-20(21-6-3)24-14-16-26-19(17-24)18-9-7-15-25-18/h18-19H,4-17H2,1-3H3,(H,21,22). The number of aliphatic imine (C=N–C) groups is 1. The third-order valence-corrected chi connectivity index (χ3v) is 5.08. The second-order valence-electron chi connectivity index (χ2n) is 7.34. The molecule has 2 aliphatic rings. The van der Waals surface area contributed by atoms with Crippen molar-refractivity contribution < 1.29 is 9.47 Å². The molecule has 0 aromatic heterocycles. The maximum absolute atomic E-state index is 5.98. The van der Waals surface area contributed by atoms with Gasteiger partial charge in [-0.15, -0.1) is 0 Å². The molecule has 2 atom stereocenters. The fourth-order valence-electron chi connectivity index (χ4n) is 3.86. The van der Waals surface area contributed by atoms with E-state index in [0.717, 1.165) is 71.2 Å².